The second kappa shape index (κ2) is 12.4. The molecule has 0 fully saturated rings. The number of carbonyl (C=O) groups excluding carboxylic acids is 3. The Hall–Kier alpha value is -5.51. The van der Waals surface area contributed by atoms with Crippen LogP contribution in [-0.4, -0.2) is 27.1 Å². The summed E-state index contributed by atoms with van der Waals surface area (Å²) in [4.78, 5) is 47.8. The summed E-state index contributed by atoms with van der Waals surface area (Å²) in [7, 11) is 0. The van der Waals surface area contributed by atoms with Crippen LogP contribution in [0.1, 0.15) is 45.7 Å². The van der Waals surface area contributed by atoms with Crippen molar-refractivity contribution in [3.05, 3.63) is 138 Å². The van der Waals surface area contributed by atoms with E-state index in [1.165, 1.54) is 6.92 Å². The standard InChI is InChI=1S/C38H27N3O4S2/c1-22(40-45-24(3)43)25-8-14-29(15-9-25)41-34-18-12-27(23(2)42)20-31(34)32-21-28(13-19-35(32)41)37(44)26-10-16-30(17-11-26)46-38-39-33-6-4-5-7-36(33)47-38/h4-21,40H,1H2,2-3H3. The van der Waals surface area contributed by atoms with Crippen LogP contribution in [0.4, 0.5) is 0 Å². The Kier molecular flexibility index (Phi) is 7.93. The molecule has 2 heterocycles. The lowest BCUT2D eigenvalue weighted by Crippen LogP contribution is -2.15. The Labute approximate surface area is 278 Å². The number of fused-ring (bicyclic) bond motifs is 4. The Bertz CT molecular complexity index is 2340. The van der Waals surface area contributed by atoms with Crippen molar-refractivity contribution in [3.8, 4) is 5.69 Å². The average Bonchev–Trinajstić information content (AvgIpc) is 3.64. The molecule has 0 spiro atoms. The van der Waals surface area contributed by atoms with Crippen molar-refractivity contribution < 1.29 is 19.2 Å². The molecule has 0 aliphatic heterocycles. The van der Waals surface area contributed by atoms with Crippen molar-refractivity contribution in [2.75, 3.05) is 0 Å². The molecule has 1 N–H and O–H groups in total. The first-order valence-electron chi connectivity index (χ1n) is 14.8. The maximum absolute atomic E-state index is 13.7. The number of carbonyl (C=O) groups is 3. The molecule has 0 aliphatic rings. The molecule has 7 nitrogen and oxygen atoms in total. The fraction of sp³-hybridized carbons (Fsp3) is 0.0526. The first kappa shape index (κ1) is 30.2. The van der Waals surface area contributed by atoms with Gasteiger partial charge in [0.2, 0.25) is 0 Å². The number of para-hydroxylation sites is 1. The highest BCUT2D eigenvalue weighted by atomic mass is 32.2. The summed E-state index contributed by atoms with van der Waals surface area (Å²) < 4.78 is 4.20. The number of aromatic nitrogens is 2. The zero-order valence-corrected chi connectivity index (χ0v) is 27.1. The maximum Gasteiger partial charge on any atom is 0.329 e. The molecule has 0 aliphatic carbocycles. The van der Waals surface area contributed by atoms with E-state index in [2.05, 4.69) is 22.7 Å². The number of nitrogens with one attached hydrogen (secondary N) is 1. The molecule has 0 unspecified atom stereocenters. The highest BCUT2D eigenvalue weighted by Crippen LogP contribution is 2.36. The second-order valence-corrected chi connectivity index (χ2v) is 13.3. The minimum absolute atomic E-state index is 0.0352. The van der Waals surface area contributed by atoms with Crippen molar-refractivity contribution in [1.82, 2.24) is 15.0 Å². The molecule has 0 saturated heterocycles. The van der Waals surface area contributed by atoms with Crippen molar-refractivity contribution >= 4 is 78.4 Å². The van der Waals surface area contributed by atoms with Crippen molar-refractivity contribution in [3.63, 3.8) is 0 Å². The van der Waals surface area contributed by atoms with E-state index >= 15 is 0 Å². The van der Waals surface area contributed by atoms with Crippen LogP contribution >= 0.6 is 23.1 Å². The van der Waals surface area contributed by atoms with Gasteiger partial charge in [-0.25, -0.2) is 10.5 Å². The van der Waals surface area contributed by atoms with Crippen LogP contribution in [0.3, 0.4) is 0 Å². The van der Waals surface area contributed by atoms with Gasteiger partial charge in [-0.15, -0.1) is 11.3 Å². The Balaban J connectivity index is 1.22. The SMILES string of the molecule is C=C(NOC(C)=O)c1ccc(-n2c3ccc(C(C)=O)cc3c3cc(C(=O)c4ccc(Sc5nc6ccccc6s5)cc4)ccc32)cc1. The lowest BCUT2D eigenvalue weighted by molar-refractivity contribution is -0.145. The van der Waals surface area contributed by atoms with Crippen LogP contribution in [0.15, 0.2) is 125 Å². The Morgan fingerprint density at radius 3 is 2.04 bits per heavy atom. The van der Waals surface area contributed by atoms with E-state index in [9.17, 15) is 14.4 Å². The van der Waals surface area contributed by atoms with Gasteiger partial charge in [-0.1, -0.05) is 42.6 Å². The number of rotatable bonds is 9. The molecule has 5 aromatic carbocycles. The monoisotopic (exact) mass is 653 g/mol. The van der Waals surface area contributed by atoms with E-state index < -0.39 is 5.97 Å². The largest absolute Gasteiger partial charge is 0.344 e. The highest BCUT2D eigenvalue weighted by molar-refractivity contribution is 8.01. The number of hydrogen-bond donors (Lipinski definition) is 1. The fourth-order valence-electron chi connectivity index (χ4n) is 5.50. The number of Topliss-reactive ketones (excluding diaryl/α,β-unsaturated/α-hetero) is 1. The topological polar surface area (TPSA) is 90.3 Å². The summed E-state index contributed by atoms with van der Waals surface area (Å²) >= 11 is 3.23. The average molecular weight is 654 g/mol. The summed E-state index contributed by atoms with van der Waals surface area (Å²) in [5.41, 5.74) is 9.16. The van der Waals surface area contributed by atoms with Crippen molar-refractivity contribution in [2.24, 2.45) is 0 Å². The number of benzene rings is 5. The number of hydrogen-bond acceptors (Lipinski definition) is 8. The van der Waals surface area contributed by atoms with Gasteiger partial charge in [0.15, 0.2) is 15.9 Å². The third kappa shape index (κ3) is 5.94. The van der Waals surface area contributed by atoms with Crippen LogP contribution in [-0.2, 0) is 9.63 Å². The Morgan fingerprint density at radius 1 is 0.766 bits per heavy atom. The van der Waals surface area contributed by atoms with Crippen LogP contribution < -0.4 is 5.48 Å². The molecule has 230 valence electrons. The van der Waals surface area contributed by atoms with E-state index in [0.29, 0.717) is 22.4 Å². The first-order chi connectivity index (χ1) is 22.7. The van der Waals surface area contributed by atoms with Crippen molar-refractivity contribution in [2.45, 2.75) is 23.1 Å². The highest BCUT2D eigenvalue weighted by Gasteiger charge is 2.18. The molecule has 47 heavy (non-hydrogen) atoms. The minimum atomic E-state index is -0.465. The van der Waals surface area contributed by atoms with E-state index in [4.69, 9.17) is 9.82 Å². The van der Waals surface area contributed by atoms with Gasteiger partial charge >= 0.3 is 5.97 Å². The third-order valence-corrected chi connectivity index (χ3v) is 9.93. The van der Waals surface area contributed by atoms with Gasteiger partial charge in [-0.3, -0.25) is 14.4 Å². The molecular weight excluding hydrogens is 627 g/mol. The van der Waals surface area contributed by atoms with Gasteiger partial charge in [0.05, 0.1) is 26.9 Å². The van der Waals surface area contributed by atoms with Gasteiger partial charge in [0, 0.05) is 50.5 Å². The number of hydroxylamine groups is 1. The van der Waals surface area contributed by atoms with Crippen LogP contribution in [0.5, 0.6) is 0 Å². The van der Waals surface area contributed by atoms with Gasteiger partial charge in [0.25, 0.3) is 0 Å². The third-order valence-electron chi connectivity index (χ3n) is 7.82. The maximum atomic E-state index is 13.7. The number of nitrogens with zero attached hydrogens (tertiary/aromatic N) is 2. The zero-order valence-electron chi connectivity index (χ0n) is 25.4. The fourth-order valence-corrected chi connectivity index (χ4v) is 7.54. The Morgan fingerprint density at radius 2 is 1.38 bits per heavy atom. The predicted octanol–water partition coefficient (Wildman–Crippen LogP) is 9.02. The smallest absolute Gasteiger partial charge is 0.329 e. The zero-order chi connectivity index (χ0) is 32.7. The summed E-state index contributed by atoms with van der Waals surface area (Å²) in [5, 5.41) is 1.73. The van der Waals surface area contributed by atoms with E-state index in [0.717, 1.165) is 52.5 Å². The first-order valence-corrected chi connectivity index (χ1v) is 16.4. The van der Waals surface area contributed by atoms with Crippen LogP contribution in [0.25, 0.3) is 43.4 Å². The lowest BCUT2D eigenvalue weighted by Gasteiger charge is -2.11. The predicted molar refractivity (Wildman–Crippen MR) is 188 cm³/mol. The van der Waals surface area contributed by atoms with Crippen molar-refractivity contribution in [1.29, 1.82) is 0 Å². The molecule has 2 aromatic heterocycles. The number of ketones is 2. The molecule has 9 heteroatoms. The molecule has 0 atom stereocenters. The molecule has 0 amide bonds. The lowest BCUT2D eigenvalue weighted by atomic mass is 10.0. The summed E-state index contributed by atoms with van der Waals surface area (Å²) in [6.07, 6.45) is 0. The summed E-state index contributed by atoms with van der Waals surface area (Å²) in [6.45, 7) is 6.79. The molecule has 7 aromatic rings. The van der Waals surface area contributed by atoms with Crippen LogP contribution in [0, 0.1) is 0 Å². The molecule has 0 radical (unpaired) electrons. The summed E-state index contributed by atoms with van der Waals surface area (Å²) in [6, 6.07) is 34.7. The second-order valence-electron chi connectivity index (χ2n) is 11.0. The molecule has 0 saturated carbocycles. The molecule has 0 bridgehead atoms. The molecule has 7 rings (SSSR count). The number of thiazole rings is 1. The van der Waals surface area contributed by atoms with E-state index in [1.54, 1.807) is 30.0 Å². The van der Waals surface area contributed by atoms with Gasteiger partial charge in [-0.05, 0) is 91.9 Å². The quantitative estimate of drug-likeness (QED) is 0.123. The van der Waals surface area contributed by atoms with E-state index in [1.807, 2.05) is 103 Å². The summed E-state index contributed by atoms with van der Waals surface area (Å²) in [5.74, 6) is -0.588. The van der Waals surface area contributed by atoms with Crippen LogP contribution in [0.2, 0.25) is 0 Å². The van der Waals surface area contributed by atoms with Gasteiger partial charge in [-0.2, -0.15) is 0 Å². The molecular formula is C38H27N3O4S2. The van der Waals surface area contributed by atoms with Gasteiger partial charge in [0.1, 0.15) is 0 Å². The minimum Gasteiger partial charge on any atom is -0.344 e. The van der Waals surface area contributed by atoms with Gasteiger partial charge < -0.3 is 9.40 Å². The van der Waals surface area contributed by atoms with E-state index in [-0.39, 0.29) is 11.6 Å². The normalized spacial score (nSPS) is 11.2.